The van der Waals surface area contributed by atoms with Gasteiger partial charge in [0.1, 0.15) is 5.78 Å². The molecule has 2 aliphatic heterocycles. The zero-order chi connectivity index (χ0) is 34.4. The van der Waals surface area contributed by atoms with Crippen LogP contribution in [0.3, 0.4) is 0 Å². The second kappa shape index (κ2) is 19.1. The molecule has 2 heterocycles. The first-order valence-corrected chi connectivity index (χ1v) is 16.3. The number of rotatable bonds is 13. The SMILES string of the molecule is CC.CC/C(=C\N=CCNCC(=O)C1CCCN(C)CC1C)C(C)[C@H](CN1Cc2ccc(OC)c(F)c2C1=O)NC(=O)NC(C)=O. The van der Waals surface area contributed by atoms with Gasteiger partial charge in [-0.05, 0) is 56.0 Å². The molecule has 0 bridgehead atoms. The summed E-state index contributed by atoms with van der Waals surface area (Å²) in [4.78, 5) is 58.2. The van der Waals surface area contributed by atoms with Gasteiger partial charge in [0, 0.05) is 57.4 Å². The van der Waals surface area contributed by atoms with E-state index >= 15 is 0 Å². The van der Waals surface area contributed by atoms with Crippen LogP contribution in [-0.4, -0.2) is 92.6 Å². The fourth-order valence-corrected chi connectivity index (χ4v) is 6.07. The number of likely N-dealkylation sites (tertiary alicyclic amines) is 1. The van der Waals surface area contributed by atoms with Crippen molar-refractivity contribution in [2.24, 2.45) is 22.7 Å². The zero-order valence-corrected chi connectivity index (χ0v) is 28.7. The van der Waals surface area contributed by atoms with Gasteiger partial charge in [0.05, 0.1) is 25.3 Å². The third kappa shape index (κ3) is 10.7. The Morgan fingerprint density at radius 1 is 1.24 bits per heavy atom. The van der Waals surface area contributed by atoms with Gasteiger partial charge >= 0.3 is 6.03 Å². The van der Waals surface area contributed by atoms with Crippen LogP contribution in [0.25, 0.3) is 0 Å². The number of hydrogen-bond donors (Lipinski definition) is 3. The number of fused-ring (bicyclic) bond motifs is 1. The first-order valence-electron chi connectivity index (χ1n) is 16.3. The van der Waals surface area contributed by atoms with Crippen LogP contribution in [0.4, 0.5) is 9.18 Å². The summed E-state index contributed by atoms with van der Waals surface area (Å²) in [5.41, 5.74) is 1.40. The first kappa shape index (κ1) is 38.5. The van der Waals surface area contributed by atoms with E-state index in [4.69, 9.17) is 4.74 Å². The minimum absolute atomic E-state index is 0.0115. The average molecular weight is 645 g/mol. The van der Waals surface area contributed by atoms with Crippen LogP contribution in [0.1, 0.15) is 76.7 Å². The van der Waals surface area contributed by atoms with Gasteiger partial charge in [0.2, 0.25) is 5.91 Å². The summed E-state index contributed by atoms with van der Waals surface area (Å²) in [7, 11) is 3.44. The van der Waals surface area contributed by atoms with Gasteiger partial charge in [-0.3, -0.25) is 24.7 Å². The van der Waals surface area contributed by atoms with Crippen molar-refractivity contribution in [1.82, 2.24) is 25.8 Å². The van der Waals surface area contributed by atoms with Crippen LogP contribution in [0.2, 0.25) is 0 Å². The average Bonchev–Trinajstić information content (AvgIpc) is 3.22. The van der Waals surface area contributed by atoms with Gasteiger partial charge < -0.3 is 25.2 Å². The molecule has 2 aliphatic rings. The van der Waals surface area contributed by atoms with Crippen LogP contribution >= 0.6 is 0 Å². The predicted octanol–water partition coefficient (Wildman–Crippen LogP) is 4.17. The van der Waals surface area contributed by atoms with E-state index < -0.39 is 29.7 Å². The molecule has 46 heavy (non-hydrogen) atoms. The number of hydrogen-bond acceptors (Lipinski definition) is 8. The molecular weight excluding hydrogens is 591 g/mol. The molecule has 12 heteroatoms. The Morgan fingerprint density at radius 2 is 1.96 bits per heavy atom. The van der Waals surface area contributed by atoms with Gasteiger partial charge in [-0.2, -0.15) is 0 Å². The van der Waals surface area contributed by atoms with Gasteiger partial charge in [-0.1, -0.05) is 40.7 Å². The summed E-state index contributed by atoms with van der Waals surface area (Å²) >= 11 is 0. The molecule has 3 unspecified atom stereocenters. The number of urea groups is 1. The van der Waals surface area contributed by atoms with Crippen LogP contribution < -0.4 is 20.7 Å². The highest BCUT2D eigenvalue weighted by atomic mass is 19.1. The summed E-state index contributed by atoms with van der Waals surface area (Å²) in [6.07, 6.45) is 5.98. The van der Waals surface area contributed by atoms with E-state index in [1.165, 1.54) is 25.0 Å². The summed E-state index contributed by atoms with van der Waals surface area (Å²) in [5, 5.41) is 8.20. The number of imide groups is 1. The van der Waals surface area contributed by atoms with Crippen LogP contribution in [-0.2, 0) is 16.1 Å². The number of Topliss-reactive ketones (excluding diaryl/α,β-unsaturated/α-hetero) is 1. The number of methoxy groups -OCH3 is 1. The highest BCUT2D eigenvalue weighted by molar-refractivity contribution is 5.99. The normalized spacial score (nSPS) is 19.9. The number of aliphatic imine (C=N–C) groups is 1. The predicted molar refractivity (Wildman–Crippen MR) is 178 cm³/mol. The Labute approximate surface area is 273 Å². The highest BCUT2D eigenvalue weighted by Crippen LogP contribution is 2.32. The number of carbonyl (C=O) groups is 4. The van der Waals surface area contributed by atoms with Gasteiger partial charge in [-0.15, -0.1) is 0 Å². The summed E-state index contributed by atoms with van der Waals surface area (Å²) in [6, 6.07) is 1.86. The third-order valence-electron chi connectivity index (χ3n) is 8.53. The lowest BCUT2D eigenvalue weighted by molar-refractivity contribution is -0.123. The van der Waals surface area contributed by atoms with E-state index in [2.05, 4.69) is 39.8 Å². The molecule has 0 radical (unpaired) electrons. The maximum atomic E-state index is 14.9. The smallest absolute Gasteiger partial charge is 0.321 e. The molecule has 1 fully saturated rings. The van der Waals surface area contributed by atoms with E-state index in [9.17, 15) is 23.6 Å². The largest absolute Gasteiger partial charge is 0.494 e. The lowest BCUT2D eigenvalue weighted by Gasteiger charge is -2.30. The number of carbonyl (C=O) groups excluding carboxylic acids is 4. The van der Waals surface area contributed by atoms with E-state index in [0.717, 1.165) is 31.5 Å². The fourth-order valence-electron chi connectivity index (χ4n) is 6.07. The molecule has 4 atom stereocenters. The van der Waals surface area contributed by atoms with Crippen molar-refractivity contribution in [1.29, 1.82) is 0 Å². The van der Waals surface area contributed by atoms with E-state index in [1.807, 2.05) is 27.7 Å². The lowest BCUT2D eigenvalue weighted by Crippen LogP contribution is -2.51. The number of benzene rings is 1. The quantitative estimate of drug-likeness (QED) is 0.217. The second-order valence-corrected chi connectivity index (χ2v) is 11.8. The van der Waals surface area contributed by atoms with Crippen molar-refractivity contribution in [3.8, 4) is 5.75 Å². The van der Waals surface area contributed by atoms with Gasteiger partial charge in [0.15, 0.2) is 11.6 Å². The second-order valence-electron chi connectivity index (χ2n) is 11.8. The summed E-state index contributed by atoms with van der Waals surface area (Å²) < 4.78 is 19.9. The van der Waals surface area contributed by atoms with E-state index in [1.54, 1.807) is 18.5 Å². The molecule has 1 aromatic carbocycles. The Morgan fingerprint density at radius 3 is 2.61 bits per heavy atom. The van der Waals surface area contributed by atoms with Crippen molar-refractivity contribution in [2.75, 3.05) is 46.9 Å². The minimum Gasteiger partial charge on any atom is -0.494 e. The molecule has 0 spiro atoms. The lowest BCUT2D eigenvalue weighted by atomic mass is 9.87. The number of ether oxygens (including phenoxy) is 1. The highest BCUT2D eigenvalue weighted by Gasteiger charge is 2.35. The number of nitrogens with one attached hydrogen (secondary N) is 3. The molecule has 256 valence electrons. The molecule has 3 rings (SSSR count). The Hall–Kier alpha value is -3.64. The van der Waals surface area contributed by atoms with Crippen molar-refractivity contribution < 1.29 is 28.3 Å². The topological polar surface area (TPSA) is 132 Å². The monoisotopic (exact) mass is 644 g/mol. The molecule has 0 saturated carbocycles. The molecule has 0 aromatic heterocycles. The van der Waals surface area contributed by atoms with Crippen LogP contribution in [0, 0.1) is 23.6 Å². The number of ketones is 1. The number of nitrogens with zero attached hydrogens (tertiary/aromatic N) is 3. The van der Waals surface area contributed by atoms with E-state index in [0.29, 0.717) is 31.0 Å². The third-order valence-corrected chi connectivity index (χ3v) is 8.53. The Kier molecular flexibility index (Phi) is 16.0. The molecule has 0 aliphatic carbocycles. The minimum atomic E-state index is -0.709. The first-order chi connectivity index (χ1) is 22.0. The summed E-state index contributed by atoms with van der Waals surface area (Å²) in [5.74, 6) is -1.39. The molecular formula is C34H53FN6O5. The van der Waals surface area contributed by atoms with E-state index in [-0.39, 0.29) is 42.0 Å². The Bertz CT molecular complexity index is 1270. The molecule has 1 aromatic rings. The molecule has 4 amide bonds. The van der Waals surface area contributed by atoms with Crippen molar-refractivity contribution in [3.05, 3.63) is 40.8 Å². The molecule has 3 N–H and O–H groups in total. The van der Waals surface area contributed by atoms with Gasteiger partial charge in [-0.25, -0.2) is 9.18 Å². The van der Waals surface area contributed by atoms with Crippen LogP contribution in [0.15, 0.2) is 28.9 Å². The molecule has 1 saturated heterocycles. The van der Waals surface area contributed by atoms with Gasteiger partial charge in [0.25, 0.3) is 5.91 Å². The standard InChI is InChI=1S/C32H47FN6O5.C2H6/c1-7-23(15-34-12-13-35-16-27(41)25-9-8-14-38(5)17-20(25)2)21(3)26(37-32(43)36-22(4)40)19-39-18-24-10-11-28(44-6)30(33)29(24)31(39)42;1-2/h10-12,15,20-21,25-26,35H,7-9,13-14,16-19H2,1-6H3,(H2,36,37,40,43);1-2H3/b23-15+,34-12?;/t20?,21?,25?,26-;/m0./s1. The van der Waals surface area contributed by atoms with Crippen molar-refractivity contribution in [2.45, 2.75) is 73.4 Å². The van der Waals surface area contributed by atoms with Crippen LogP contribution in [0.5, 0.6) is 5.75 Å². The zero-order valence-electron chi connectivity index (χ0n) is 28.7. The van der Waals surface area contributed by atoms with Crippen molar-refractivity contribution in [3.63, 3.8) is 0 Å². The Balaban J connectivity index is 0.00000361. The fraction of sp³-hybridized carbons (Fsp3) is 0.618. The number of amides is 4. The number of halogens is 1. The maximum absolute atomic E-state index is 14.9. The summed E-state index contributed by atoms with van der Waals surface area (Å²) in [6.45, 7) is 14.2. The maximum Gasteiger partial charge on any atom is 0.321 e. The molecule has 11 nitrogen and oxygen atoms in total. The van der Waals surface area contributed by atoms with Crippen molar-refractivity contribution >= 4 is 29.8 Å².